The van der Waals surface area contributed by atoms with E-state index in [1.165, 1.54) is 17.5 Å². The molecule has 0 aromatic heterocycles. The average molecular weight is 284 g/mol. The molecule has 16 heavy (non-hydrogen) atoms. The molecule has 1 aromatic rings. The van der Waals surface area contributed by atoms with E-state index in [0.29, 0.717) is 12.7 Å². The maximum Gasteiger partial charge on any atom is 0.231 e. The van der Waals surface area contributed by atoms with Crippen molar-refractivity contribution in [3.05, 3.63) is 21.7 Å². The Kier molecular flexibility index (Phi) is 2.56. The highest BCUT2D eigenvalue weighted by Crippen LogP contribution is 2.44. The molecule has 3 rings (SSSR count). The van der Waals surface area contributed by atoms with Crippen LogP contribution in [0.5, 0.6) is 11.5 Å². The van der Waals surface area contributed by atoms with Crippen LogP contribution in [0.25, 0.3) is 0 Å². The van der Waals surface area contributed by atoms with Gasteiger partial charge in [-0.25, -0.2) is 0 Å². The standard InChI is InChI=1S/C12H14BrNO2/c1-7-9(8-2-3-14-5-8)4-10-12(11(7)13)16-6-15-10/h4,8,14H,2-3,5-6H2,1H3. The molecule has 0 amide bonds. The Bertz CT molecular complexity index is 428. The topological polar surface area (TPSA) is 30.5 Å². The molecule has 1 N–H and O–H groups in total. The van der Waals surface area contributed by atoms with Crippen molar-refractivity contribution < 1.29 is 9.47 Å². The van der Waals surface area contributed by atoms with Gasteiger partial charge in [0.25, 0.3) is 0 Å². The minimum atomic E-state index is 0.333. The van der Waals surface area contributed by atoms with Crippen molar-refractivity contribution in [2.24, 2.45) is 0 Å². The number of ether oxygens (including phenoxy) is 2. The second kappa shape index (κ2) is 3.93. The molecule has 1 atom stereocenters. The van der Waals surface area contributed by atoms with Crippen LogP contribution in [0.4, 0.5) is 0 Å². The Hall–Kier alpha value is -0.740. The Balaban J connectivity index is 2.08. The number of rotatable bonds is 1. The number of hydrogen-bond donors (Lipinski definition) is 1. The minimum Gasteiger partial charge on any atom is -0.454 e. The fourth-order valence-electron chi connectivity index (χ4n) is 2.46. The van der Waals surface area contributed by atoms with Crippen LogP contribution in [0, 0.1) is 6.92 Å². The number of fused-ring (bicyclic) bond motifs is 1. The lowest BCUT2D eigenvalue weighted by atomic mass is 9.93. The molecule has 0 spiro atoms. The van der Waals surface area contributed by atoms with E-state index < -0.39 is 0 Å². The van der Waals surface area contributed by atoms with Crippen molar-refractivity contribution in [2.45, 2.75) is 19.3 Å². The zero-order chi connectivity index (χ0) is 11.1. The molecule has 2 aliphatic heterocycles. The lowest BCUT2D eigenvalue weighted by molar-refractivity contribution is 0.173. The summed E-state index contributed by atoms with van der Waals surface area (Å²) in [6, 6.07) is 2.14. The largest absolute Gasteiger partial charge is 0.454 e. The molecule has 2 aliphatic rings. The van der Waals surface area contributed by atoms with Gasteiger partial charge in [0.15, 0.2) is 11.5 Å². The third-order valence-electron chi connectivity index (χ3n) is 3.39. The molecule has 1 saturated heterocycles. The van der Waals surface area contributed by atoms with Crippen LogP contribution in [0.1, 0.15) is 23.5 Å². The van der Waals surface area contributed by atoms with Crippen molar-refractivity contribution in [1.82, 2.24) is 5.32 Å². The van der Waals surface area contributed by atoms with Crippen LogP contribution in [-0.4, -0.2) is 19.9 Å². The van der Waals surface area contributed by atoms with Gasteiger partial charge in [0, 0.05) is 6.54 Å². The van der Waals surface area contributed by atoms with Crippen molar-refractivity contribution >= 4 is 15.9 Å². The highest BCUT2D eigenvalue weighted by molar-refractivity contribution is 9.10. The maximum atomic E-state index is 5.46. The van der Waals surface area contributed by atoms with Crippen LogP contribution in [0.3, 0.4) is 0 Å². The number of nitrogens with one attached hydrogen (secondary N) is 1. The van der Waals surface area contributed by atoms with Gasteiger partial charge >= 0.3 is 0 Å². The number of halogens is 1. The molecule has 2 heterocycles. The average Bonchev–Trinajstić information content (AvgIpc) is 2.92. The zero-order valence-electron chi connectivity index (χ0n) is 9.18. The first-order valence-electron chi connectivity index (χ1n) is 5.56. The van der Waals surface area contributed by atoms with E-state index in [1.54, 1.807) is 0 Å². The normalized spacial score (nSPS) is 22.8. The van der Waals surface area contributed by atoms with Gasteiger partial charge in [0.1, 0.15) is 0 Å². The summed E-state index contributed by atoms with van der Waals surface area (Å²) in [6.07, 6.45) is 1.20. The van der Waals surface area contributed by atoms with E-state index in [4.69, 9.17) is 9.47 Å². The third-order valence-corrected chi connectivity index (χ3v) is 4.34. The van der Waals surface area contributed by atoms with E-state index in [1.807, 2.05) is 0 Å². The predicted octanol–water partition coefficient (Wildman–Crippen LogP) is 2.56. The van der Waals surface area contributed by atoms with Crippen molar-refractivity contribution in [2.75, 3.05) is 19.9 Å². The summed E-state index contributed by atoms with van der Waals surface area (Å²) < 4.78 is 12.0. The molecule has 1 aromatic carbocycles. The Morgan fingerprint density at radius 3 is 3.06 bits per heavy atom. The van der Waals surface area contributed by atoms with Gasteiger partial charge in [-0.15, -0.1) is 0 Å². The van der Waals surface area contributed by atoms with Crippen molar-refractivity contribution in [1.29, 1.82) is 0 Å². The van der Waals surface area contributed by atoms with Gasteiger partial charge < -0.3 is 14.8 Å². The fraction of sp³-hybridized carbons (Fsp3) is 0.500. The van der Waals surface area contributed by atoms with Gasteiger partial charge in [0.05, 0.1) is 4.47 Å². The summed E-state index contributed by atoms with van der Waals surface area (Å²) in [4.78, 5) is 0. The molecule has 86 valence electrons. The Labute approximate surface area is 103 Å². The van der Waals surface area contributed by atoms with Crippen LogP contribution in [0.15, 0.2) is 10.5 Å². The van der Waals surface area contributed by atoms with Crippen LogP contribution in [-0.2, 0) is 0 Å². The van der Waals surface area contributed by atoms with Crippen LogP contribution in [0.2, 0.25) is 0 Å². The van der Waals surface area contributed by atoms with Crippen LogP contribution >= 0.6 is 15.9 Å². The second-order valence-corrected chi connectivity index (χ2v) is 5.12. The third kappa shape index (κ3) is 1.52. The van der Waals surface area contributed by atoms with Gasteiger partial charge in [-0.1, -0.05) is 0 Å². The monoisotopic (exact) mass is 283 g/mol. The predicted molar refractivity (Wildman–Crippen MR) is 65.2 cm³/mol. The highest BCUT2D eigenvalue weighted by atomic mass is 79.9. The minimum absolute atomic E-state index is 0.333. The highest BCUT2D eigenvalue weighted by Gasteiger charge is 2.26. The first kappa shape index (κ1) is 10.4. The SMILES string of the molecule is Cc1c(C2CCNC2)cc2c(c1Br)OCO2. The molecule has 1 fully saturated rings. The molecule has 4 heteroatoms. The van der Waals surface area contributed by atoms with Gasteiger partial charge in [-0.2, -0.15) is 0 Å². The summed E-state index contributed by atoms with van der Waals surface area (Å²) in [5, 5.41) is 3.40. The summed E-state index contributed by atoms with van der Waals surface area (Å²) in [7, 11) is 0. The molecule has 0 radical (unpaired) electrons. The van der Waals surface area contributed by atoms with Crippen LogP contribution < -0.4 is 14.8 Å². The Morgan fingerprint density at radius 1 is 1.44 bits per heavy atom. The molecule has 0 aliphatic carbocycles. The van der Waals surface area contributed by atoms with Crippen molar-refractivity contribution in [3.63, 3.8) is 0 Å². The van der Waals surface area contributed by atoms with Crippen molar-refractivity contribution in [3.8, 4) is 11.5 Å². The number of benzene rings is 1. The molecular formula is C12H14BrNO2. The summed E-state index contributed by atoms with van der Waals surface area (Å²) in [6.45, 7) is 4.64. The lowest BCUT2D eigenvalue weighted by Gasteiger charge is -2.15. The Morgan fingerprint density at radius 2 is 2.31 bits per heavy atom. The van der Waals surface area contributed by atoms with Gasteiger partial charge in [-0.3, -0.25) is 0 Å². The molecule has 3 nitrogen and oxygen atoms in total. The fourth-order valence-corrected chi connectivity index (χ4v) is 3.00. The van der Waals surface area contributed by atoms with Gasteiger partial charge in [-0.05, 0) is 58.9 Å². The van der Waals surface area contributed by atoms with E-state index >= 15 is 0 Å². The van der Waals surface area contributed by atoms with E-state index in [9.17, 15) is 0 Å². The first-order chi connectivity index (χ1) is 7.77. The number of hydrogen-bond acceptors (Lipinski definition) is 3. The van der Waals surface area contributed by atoms with E-state index in [0.717, 1.165) is 29.1 Å². The lowest BCUT2D eigenvalue weighted by Crippen LogP contribution is -2.09. The molecule has 1 unspecified atom stereocenters. The summed E-state index contributed by atoms with van der Waals surface area (Å²) >= 11 is 3.60. The van der Waals surface area contributed by atoms with Gasteiger partial charge in [0.2, 0.25) is 6.79 Å². The second-order valence-electron chi connectivity index (χ2n) is 4.33. The smallest absolute Gasteiger partial charge is 0.231 e. The van der Waals surface area contributed by atoms with E-state index in [2.05, 4.69) is 34.2 Å². The summed E-state index contributed by atoms with van der Waals surface area (Å²) in [5.74, 6) is 2.33. The maximum absolute atomic E-state index is 5.46. The first-order valence-corrected chi connectivity index (χ1v) is 6.36. The van der Waals surface area contributed by atoms with E-state index in [-0.39, 0.29) is 0 Å². The zero-order valence-corrected chi connectivity index (χ0v) is 10.8. The molecule has 0 saturated carbocycles. The molecular weight excluding hydrogens is 270 g/mol. The molecule has 0 bridgehead atoms. The quantitative estimate of drug-likeness (QED) is 0.859. The summed E-state index contributed by atoms with van der Waals surface area (Å²) in [5.41, 5.74) is 2.65.